The molecule has 0 saturated carbocycles. The highest BCUT2D eigenvalue weighted by Gasteiger charge is 2.18. The van der Waals surface area contributed by atoms with E-state index in [1.54, 1.807) is 12.1 Å². The van der Waals surface area contributed by atoms with Gasteiger partial charge in [-0.15, -0.1) is 0 Å². The van der Waals surface area contributed by atoms with Gasteiger partial charge in [0, 0.05) is 18.8 Å². The topological polar surface area (TPSA) is 15.3 Å². The second kappa shape index (κ2) is 7.49. The number of nitrogens with zero attached hydrogens (tertiary/aromatic N) is 1. The van der Waals surface area contributed by atoms with E-state index in [1.807, 2.05) is 6.07 Å². The summed E-state index contributed by atoms with van der Waals surface area (Å²) in [7, 11) is 0. The van der Waals surface area contributed by atoms with E-state index in [4.69, 9.17) is 0 Å². The first kappa shape index (κ1) is 14.3. The highest BCUT2D eigenvalue weighted by molar-refractivity contribution is 5.57. The minimum absolute atomic E-state index is 0.116. The molecule has 3 heteroatoms. The molecule has 0 fully saturated rings. The average molecular weight is 264 g/mol. The smallest absolute Gasteiger partial charge is 0.125 e. The fourth-order valence-corrected chi connectivity index (χ4v) is 2.68. The van der Waals surface area contributed by atoms with Crippen LogP contribution in [0.25, 0.3) is 0 Å². The zero-order valence-electron chi connectivity index (χ0n) is 11.9. The molecule has 1 aliphatic heterocycles. The van der Waals surface area contributed by atoms with Gasteiger partial charge in [-0.1, -0.05) is 19.4 Å². The molecular weight excluding hydrogens is 239 g/mol. The minimum atomic E-state index is -0.116. The van der Waals surface area contributed by atoms with Crippen LogP contribution in [0.3, 0.4) is 0 Å². The molecule has 19 heavy (non-hydrogen) atoms. The Morgan fingerprint density at radius 1 is 1.21 bits per heavy atom. The lowest BCUT2D eigenvalue weighted by Gasteiger charge is -2.19. The van der Waals surface area contributed by atoms with Gasteiger partial charge in [-0.2, -0.15) is 0 Å². The van der Waals surface area contributed by atoms with Gasteiger partial charge in [0.1, 0.15) is 5.82 Å². The van der Waals surface area contributed by atoms with Crippen LogP contribution in [0.1, 0.15) is 38.2 Å². The van der Waals surface area contributed by atoms with Gasteiger partial charge in [-0.05, 0) is 56.5 Å². The van der Waals surface area contributed by atoms with Gasteiger partial charge < -0.3 is 10.2 Å². The van der Waals surface area contributed by atoms with Crippen molar-refractivity contribution in [2.24, 2.45) is 0 Å². The van der Waals surface area contributed by atoms with Gasteiger partial charge in [-0.25, -0.2) is 4.39 Å². The summed E-state index contributed by atoms with van der Waals surface area (Å²) in [5.41, 5.74) is 2.41. The van der Waals surface area contributed by atoms with Crippen LogP contribution in [0, 0.1) is 5.82 Å². The van der Waals surface area contributed by atoms with Crippen molar-refractivity contribution in [1.82, 2.24) is 5.32 Å². The van der Waals surface area contributed by atoms with E-state index in [0.29, 0.717) is 0 Å². The molecular formula is C16H25FN2. The second-order valence-corrected chi connectivity index (χ2v) is 5.32. The first-order valence-corrected chi connectivity index (χ1v) is 7.55. The quantitative estimate of drug-likeness (QED) is 0.724. The monoisotopic (exact) mass is 264 g/mol. The molecule has 2 nitrogen and oxygen atoms in total. The Kier molecular flexibility index (Phi) is 5.64. The summed E-state index contributed by atoms with van der Waals surface area (Å²) in [4.78, 5) is 2.33. The average Bonchev–Trinajstić information content (AvgIpc) is 2.80. The highest BCUT2D eigenvalue weighted by atomic mass is 19.1. The van der Waals surface area contributed by atoms with E-state index in [-0.39, 0.29) is 5.82 Å². The normalized spacial score (nSPS) is 13.9. The van der Waals surface area contributed by atoms with Crippen molar-refractivity contribution >= 4 is 5.69 Å². The van der Waals surface area contributed by atoms with Crippen molar-refractivity contribution in [3.63, 3.8) is 0 Å². The lowest BCUT2D eigenvalue weighted by Crippen LogP contribution is -2.22. The molecule has 1 heterocycles. The lowest BCUT2D eigenvalue weighted by molar-refractivity contribution is 0.594. The summed E-state index contributed by atoms with van der Waals surface area (Å²) in [6, 6.07) is 5.19. The number of unbranched alkanes of at least 4 members (excludes halogenated alkanes) is 2. The number of benzene rings is 1. The highest BCUT2D eigenvalue weighted by Crippen LogP contribution is 2.28. The molecule has 0 saturated heterocycles. The lowest BCUT2D eigenvalue weighted by atomic mass is 10.1. The number of rotatable bonds is 8. The fraction of sp³-hybridized carbons (Fsp3) is 0.625. The molecule has 0 unspecified atom stereocenters. The molecule has 1 aromatic rings. The van der Waals surface area contributed by atoms with Crippen molar-refractivity contribution in [2.45, 2.75) is 39.0 Å². The first-order chi connectivity index (χ1) is 9.31. The molecule has 0 radical (unpaired) electrons. The van der Waals surface area contributed by atoms with Gasteiger partial charge in [0.15, 0.2) is 0 Å². The van der Waals surface area contributed by atoms with Gasteiger partial charge in [0.2, 0.25) is 0 Å². The van der Waals surface area contributed by atoms with Crippen LogP contribution in [0.5, 0.6) is 0 Å². The Hall–Kier alpha value is -1.09. The molecule has 0 atom stereocenters. The van der Waals surface area contributed by atoms with E-state index in [9.17, 15) is 4.39 Å². The van der Waals surface area contributed by atoms with E-state index >= 15 is 0 Å². The van der Waals surface area contributed by atoms with Crippen LogP contribution in [-0.2, 0) is 6.42 Å². The molecule has 2 rings (SSSR count). The number of hydrogen-bond acceptors (Lipinski definition) is 2. The third-order valence-electron chi connectivity index (χ3n) is 3.75. The van der Waals surface area contributed by atoms with Crippen molar-refractivity contribution < 1.29 is 4.39 Å². The summed E-state index contributed by atoms with van der Waals surface area (Å²) in [5, 5.41) is 3.42. The molecule has 0 aromatic heterocycles. The maximum atomic E-state index is 13.3. The van der Waals surface area contributed by atoms with Crippen LogP contribution < -0.4 is 10.2 Å². The summed E-state index contributed by atoms with van der Waals surface area (Å²) in [6.45, 7) is 6.55. The van der Waals surface area contributed by atoms with Gasteiger partial charge in [0.25, 0.3) is 0 Å². The van der Waals surface area contributed by atoms with Crippen molar-refractivity contribution in [1.29, 1.82) is 0 Å². The maximum absolute atomic E-state index is 13.3. The van der Waals surface area contributed by atoms with Crippen LogP contribution in [0.4, 0.5) is 10.1 Å². The second-order valence-electron chi connectivity index (χ2n) is 5.32. The van der Waals surface area contributed by atoms with E-state index in [2.05, 4.69) is 17.1 Å². The Morgan fingerprint density at radius 2 is 2.11 bits per heavy atom. The predicted octanol–water partition coefficient (Wildman–Crippen LogP) is 3.36. The number of halogens is 1. The standard InChI is InChI=1S/C16H25FN2/c1-2-9-18-10-4-3-5-11-19-12-8-14-6-7-15(17)13-16(14)19/h6-7,13,18H,2-5,8-12H2,1H3. The third kappa shape index (κ3) is 4.20. The Morgan fingerprint density at radius 3 is 2.95 bits per heavy atom. The SMILES string of the molecule is CCCNCCCCCN1CCc2ccc(F)cc21. The van der Waals surface area contributed by atoms with E-state index in [0.717, 1.165) is 38.3 Å². The zero-order valence-corrected chi connectivity index (χ0v) is 11.9. The van der Waals surface area contributed by atoms with Gasteiger partial charge >= 0.3 is 0 Å². The summed E-state index contributed by atoms with van der Waals surface area (Å²) in [6.07, 6.45) is 5.95. The fourth-order valence-electron chi connectivity index (χ4n) is 2.68. The molecule has 0 amide bonds. The predicted molar refractivity (Wildman–Crippen MR) is 79.3 cm³/mol. The summed E-state index contributed by atoms with van der Waals surface area (Å²) < 4.78 is 13.3. The first-order valence-electron chi connectivity index (χ1n) is 7.55. The van der Waals surface area contributed by atoms with Gasteiger partial charge in [-0.3, -0.25) is 0 Å². The summed E-state index contributed by atoms with van der Waals surface area (Å²) in [5.74, 6) is -0.116. The van der Waals surface area contributed by atoms with Crippen LogP contribution in [0.15, 0.2) is 18.2 Å². The van der Waals surface area contributed by atoms with Crippen molar-refractivity contribution in [3.8, 4) is 0 Å². The van der Waals surface area contributed by atoms with Crippen LogP contribution >= 0.6 is 0 Å². The summed E-state index contributed by atoms with van der Waals surface area (Å²) >= 11 is 0. The largest absolute Gasteiger partial charge is 0.371 e. The van der Waals surface area contributed by atoms with Crippen molar-refractivity contribution in [3.05, 3.63) is 29.6 Å². The molecule has 0 bridgehead atoms. The van der Waals surface area contributed by atoms with E-state index in [1.165, 1.54) is 31.2 Å². The van der Waals surface area contributed by atoms with Gasteiger partial charge in [0.05, 0.1) is 0 Å². The molecule has 0 spiro atoms. The molecule has 0 aliphatic carbocycles. The maximum Gasteiger partial charge on any atom is 0.125 e. The molecule has 1 aromatic carbocycles. The number of nitrogens with one attached hydrogen (secondary N) is 1. The molecule has 1 N–H and O–H groups in total. The minimum Gasteiger partial charge on any atom is -0.371 e. The third-order valence-corrected chi connectivity index (χ3v) is 3.75. The Labute approximate surface area is 116 Å². The number of fused-ring (bicyclic) bond motifs is 1. The zero-order chi connectivity index (χ0) is 13.5. The number of hydrogen-bond donors (Lipinski definition) is 1. The Balaban J connectivity index is 1.67. The van der Waals surface area contributed by atoms with Crippen LogP contribution in [-0.4, -0.2) is 26.2 Å². The van der Waals surface area contributed by atoms with Crippen LogP contribution in [0.2, 0.25) is 0 Å². The Bertz CT molecular complexity index is 392. The number of anilines is 1. The molecule has 106 valence electrons. The van der Waals surface area contributed by atoms with E-state index < -0.39 is 0 Å². The molecule has 1 aliphatic rings. The van der Waals surface area contributed by atoms with Crippen molar-refractivity contribution in [2.75, 3.05) is 31.1 Å².